The van der Waals surface area contributed by atoms with Crippen molar-refractivity contribution in [3.8, 4) is 0 Å². The number of nitrogens with two attached hydrogens (primary N) is 1. The monoisotopic (exact) mass is 296 g/mol. The highest BCUT2D eigenvalue weighted by molar-refractivity contribution is 6.30. The molecule has 0 bridgehead atoms. The molecule has 110 valence electrons. The predicted octanol–water partition coefficient (Wildman–Crippen LogP) is 2.35. The van der Waals surface area contributed by atoms with Crippen LogP contribution >= 0.6 is 11.6 Å². The van der Waals surface area contributed by atoms with Crippen molar-refractivity contribution in [1.29, 1.82) is 0 Å². The van der Waals surface area contributed by atoms with Gasteiger partial charge in [-0.05, 0) is 56.0 Å². The first kappa shape index (κ1) is 15.3. The first-order valence-corrected chi connectivity index (χ1v) is 7.37. The van der Waals surface area contributed by atoms with Gasteiger partial charge in [0.15, 0.2) is 0 Å². The topological polar surface area (TPSA) is 66.6 Å². The van der Waals surface area contributed by atoms with Crippen molar-refractivity contribution in [1.82, 2.24) is 4.90 Å². The smallest absolute Gasteiger partial charge is 0.320 e. The van der Waals surface area contributed by atoms with E-state index in [1.807, 2.05) is 12.1 Å². The molecule has 1 heterocycles. The lowest BCUT2D eigenvalue weighted by Gasteiger charge is -2.32. The van der Waals surface area contributed by atoms with Crippen LogP contribution in [0.3, 0.4) is 0 Å². The van der Waals surface area contributed by atoms with Crippen LogP contribution in [0.5, 0.6) is 0 Å². The average Bonchev–Trinajstić information content (AvgIpc) is 2.43. The minimum Gasteiger partial charge on any atom is -0.480 e. The van der Waals surface area contributed by atoms with Gasteiger partial charge in [-0.3, -0.25) is 9.69 Å². The van der Waals surface area contributed by atoms with Crippen molar-refractivity contribution in [2.45, 2.75) is 31.8 Å². The molecule has 3 N–H and O–H groups in total. The van der Waals surface area contributed by atoms with Crippen molar-refractivity contribution in [3.63, 3.8) is 0 Å². The number of carbonyl (C=O) groups is 1. The van der Waals surface area contributed by atoms with Crippen molar-refractivity contribution in [3.05, 3.63) is 34.9 Å². The number of nitrogens with zero attached hydrogens (tertiary/aromatic N) is 1. The Morgan fingerprint density at radius 1 is 1.35 bits per heavy atom. The molecule has 0 saturated carbocycles. The van der Waals surface area contributed by atoms with Crippen LogP contribution in [0.4, 0.5) is 0 Å². The molecule has 1 unspecified atom stereocenters. The molecule has 0 amide bonds. The van der Waals surface area contributed by atoms with E-state index in [4.69, 9.17) is 22.4 Å². The van der Waals surface area contributed by atoms with Gasteiger partial charge >= 0.3 is 5.97 Å². The van der Waals surface area contributed by atoms with Gasteiger partial charge in [-0.1, -0.05) is 23.7 Å². The molecule has 0 aliphatic carbocycles. The van der Waals surface area contributed by atoms with E-state index in [0.717, 1.165) is 37.5 Å². The maximum Gasteiger partial charge on any atom is 0.320 e. The summed E-state index contributed by atoms with van der Waals surface area (Å²) in [4.78, 5) is 13.2. The van der Waals surface area contributed by atoms with Crippen molar-refractivity contribution in [2.75, 3.05) is 13.1 Å². The number of rotatable bonds is 5. The summed E-state index contributed by atoms with van der Waals surface area (Å²) in [7, 11) is 0. The van der Waals surface area contributed by atoms with Gasteiger partial charge in [0.1, 0.15) is 6.04 Å². The van der Waals surface area contributed by atoms with Crippen LogP contribution in [-0.2, 0) is 11.3 Å². The lowest BCUT2D eigenvalue weighted by atomic mass is 9.90. The fourth-order valence-corrected chi connectivity index (χ4v) is 2.81. The summed E-state index contributed by atoms with van der Waals surface area (Å²) in [5.41, 5.74) is 6.85. The van der Waals surface area contributed by atoms with Gasteiger partial charge < -0.3 is 10.8 Å². The molecule has 1 aromatic carbocycles. The second kappa shape index (κ2) is 7.07. The number of carboxylic acid groups (broad SMARTS) is 1. The Balaban J connectivity index is 1.76. The molecule has 1 saturated heterocycles. The zero-order valence-electron chi connectivity index (χ0n) is 11.5. The third-order valence-electron chi connectivity index (χ3n) is 3.93. The maximum absolute atomic E-state index is 10.8. The molecule has 1 aromatic rings. The predicted molar refractivity (Wildman–Crippen MR) is 79.7 cm³/mol. The van der Waals surface area contributed by atoms with Crippen LogP contribution in [-0.4, -0.2) is 35.1 Å². The quantitative estimate of drug-likeness (QED) is 0.875. The van der Waals surface area contributed by atoms with E-state index in [-0.39, 0.29) is 0 Å². The Morgan fingerprint density at radius 3 is 2.50 bits per heavy atom. The second-order valence-electron chi connectivity index (χ2n) is 5.53. The fourth-order valence-electron chi connectivity index (χ4n) is 2.69. The molecule has 1 aliphatic heterocycles. The number of halogens is 1. The molecule has 1 fully saturated rings. The summed E-state index contributed by atoms with van der Waals surface area (Å²) in [6.45, 7) is 2.92. The third-order valence-corrected chi connectivity index (χ3v) is 4.18. The van der Waals surface area contributed by atoms with Crippen LogP contribution < -0.4 is 5.73 Å². The molecule has 1 atom stereocenters. The summed E-state index contributed by atoms with van der Waals surface area (Å²) in [5.74, 6) is -0.462. The highest BCUT2D eigenvalue weighted by atomic mass is 35.5. The molecule has 20 heavy (non-hydrogen) atoms. The van der Waals surface area contributed by atoms with E-state index in [1.54, 1.807) is 0 Å². The van der Waals surface area contributed by atoms with Crippen LogP contribution in [0, 0.1) is 5.92 Å². The van der Waals surface area contributed by atoms with Gasteiger partial charge in [-0.2, -0.15) is 0 Å². The Kier molecular flexibility index (Phi) is 5.40. The van der Waals surface area contributed by atoms with E-state index in [0.29, 0.717) is 12.3 Å². The molecule has 2 rings (SSSR count). The van der Waals surface area contributed by atoms with Gasteiger partial charge in [0.05, 0.1) is 0 Å². The van der Waals surface area contributed by atoms with E-state index >= 15 is 0 Å². The normalized spacial score (nSPS) is 18.9. The number of aliphatic carboxylic acids is 1. The lowest BCUT2D eigenvalue weighted by molar-refractivity contribution is -0.139. The number of hydrogen-bond donors (Lipinski definition) is 2. The van der Waals surface area contributed by atoms with Crippen LogP contribution in [0.15, 0.2) is 24.3 Å². The molecule has 0 spiro atoms. The van der Waals surface area contributed by atoms with Crippen LogP contribution in [0.1, 0.15) is 24.8 Å². The SMILES string of the molecule is NC(CC1CCN(Cc2ccc(Cl)cc2)CC1)C(=O)O. The minimum atomic E-state index is -0.895. The molecular weight excluding hydrogens is 276 g/mol. The van der Waals surface area contributed by atoms with E-state index in [9.17, 15) is 4.79 Å². The highest BCUT2D eigenvalue weighted by Crippen LogP contribution is 2.23. The summed E-state index contributed by atoms with van der Waals surface area (Å²) < 4.78 is 0. The third kappa shape index (κ3) is 4.47. The lowest BCUT2D eigenvalue weighted by Crippen LogP contribution is -2.38. The van der Waals surface area contributed by atoms with Gasteiger partial charge in [0, 0.05) is 11.6 Å². The van der Waals surface area contributed by atoms with E-state index in [2.05, 4.69) is 17.0 Å². The number of benzene rings is 1. The number of hydrogen-bond acceptors (Lipinski definition) is 3. The van der Waals surface area contributed by atoms with Crippen molar-refractivity contribution in [2.24, 2.45) is 11.7 Å². The summed E-state index contributed by atoms with van der Waals surface area (Å²) in [6.07, 6.45) is 2.63. The fraction of sp³-hybridized carbons (Fsp3) is 0.533. The zero-order chi connectivity index (χ0) is 14.5. The van der Waals surface area contributed by atoms with E-state index in [1.165, 1.54) is 5.56 Å². The number of carboxylic acids is 1. The Hall–Kier alpha value is -1.10. The van der Waals surface area contributed by atoms with Gasteiger partial charge in [-0.15, -0.1) is 0 Å². The zero-order valence-corrected chi connectivity index (χ0v) is 12.2. The largest absolute Gasteiger partial charge is 0.480 e. The first-order valence-electron chi connectivity index (χ1n) is 7.00. The average molecular weight is 297 g/mol. The van der Waals surface area contributed by atoms with E-state index < -0.39 is 12.0 Å². The molecule has 5 heteroatoms. The summed E-state index contributed by atoms with van der Waals surface area (Å²) in [6, 6.07) is 7.21. The second-order valence-corrected chi connectivity index (χ2v) is 5.96. The number of likely N-dealkylation sites (tertiary alicyclic amines) is 1. The summed E-state index contributed by atoms with van der Waals surface area (Å²) in [5, 5.41) is 9.60. The number of piperidine rings is 1. The Labute approximate surface area is 124 Å². The standard InChI is InChI=1S/C15H21ClN2O2/c16-13-3-1-12(2-4-13)10-18-7-5-11(6-8-18)9-14(17)15(19)20/h1-4,11,14H,5-10,17H2,(H,19,20). The van der Waals surface area contributed by atoms with Crippen molar-refractivity contribution >= 4 is 17.6 Å². The molecule has 1 aliphatic rings. The molecule has 4 nitrogen and oxygen atoms in total. The molecule has 0 aromatic heterocycles. The molecule has 0 radical (unpaired) electrons. The highest BCUT2D eigenvalue weighted by Gasteiger charge is 2.23. The minimum absolute atomic E-state index is 0.433. The Morgan fingerprint density at radius 2 is 1.95 bits per heavy atom. The van der Waals surface area contributed by atoms with Crippen molar-refractivity contribution < 1.29 is 9.90 Å². The van der Waals surface area contributed by atoms with Crippen LogP contribution in [0.2, 0.25) is 5.02 Å². The van der Waals surface area contributed by atoms with Gasteiger partial charge in [0.25, 0.3) is 0 Å². The van der Waals surface area contributed by atoms with Crippen LogP contribution in [0.25, 0.3) is 0 Å². The Bertz CT molecular complexity index is 442. The maximum atomic E-state index is 10.8. The summed E-state index contributed by atoms with van der Waals surface area (Å²) >= 11 is 5.87. The molecular formula is C15H21ClN2O2. The van der Waals surface area contributed by atoms with Gasteiger partial charge in [0.2, 0.25) is 0 Å². The first-order chi connectivity index (χ1) is 9.54. The van der Waals surface area contributed by atoms with Gasteiger partial charge in [-0.25, -0.2) is 0 Å².